The maximum Gasteiger partial charge on any atom is 0.255 e. The zero-order valence-corrected chi connectivity index (χ0v) is 8.97. The molecule has 0 aliphatic heterocycles. The second kappa shape index (κ2) is 5.37. The van der Waals surface area contributed by atoms with Gasteiger partial charge in [-0.3, -0.25) is 4.79 Å². The van der Waals surface area contributed by atoms with Gasteiger partial charge in [0, 0.05) is 0 Å². The molecule has 0 aliphatic rings. The van der Waals surface area contributed by atoms with Gasteiger partial charge in [-0.25, -0.2) is 0 Å². The number of nitrogens with one attached hydrogen (secondary N) is 1. The second-order valence-corrected chi connectivity index (χ2v) is 3.46. The normalized spacial score (nSPS) is 12.1. The van der Waals surface area contributed by atoms with E-state index in [1.54, 1.807) is 0 Å². The van der Waals surface area contributed by atoms with Gasteiger partial charge in [0.05, 0.1) is 18.2 Å². The van der Waals surface area contributed by atoms with Gasteiger partial charge in [-0.15, -0.1) is 0 Å². The van der Waals surface area contributed by atoms with Crippen LogP contribution >= 0.6 is 0 Å². The Morgan fingerprint density at radius 1 is 1.44 bits per heavy atom. The van der Waals surface area contributed by atoms with Crippen molar-refractivity contribution < 1.29 is 20.1 Å². The highest BCUT2D eigenvalue weighted by atomic mass is 16.3. The van der Waals surface area contributed by atoms with Crippen molar-refractivity contribution in [2.45, 2.75) is 19.4 Å². The molecule has 0 aromatic heterocycles. The minimum Gasteiger partial charge on any atom is -0.508 e. The fraction of sp³-hybridized carbons (Fsp3) is 0.364. The highest BCUT2D eigenvalue weighted by molar-refractivity contribution is 5.97. The molecule has 1 rings (SSSR count). The Morgan fingerprint density at radius 2 is 2.12 bits per heavy atom. The lowest BCUT2D eigenvalue weighted by Crippen LogP contribution is -2.36. The van der Waals surface area contributed by atoms with Crippen molar-refractivity contribution >= 4 is 5.91 Å². The van der Waals surface area contributed by atoms with Crippen molar-refractivity contribution in [1.82, 2.24) is 5.32 Å². The van der Waals surface area contributed by atoms with Gasteiger partial charge in [0.15, 0.2) is 0 Å². The molecule has 0 heterocycles. The summed E-state index contributed by atoms with van der Waals surface area (Å²) in [5.74, 6) is -0.822. The minimum atomic E-state index is -0.519. The number of rotatable bonds is 4. The molecule has 0 aliphatic carbocycles. The second-order valence-electron chi connectivity index (χ2n) is 3.46. The maximum atomic E-state index is 11.7. The Hall–Kier alpha value is -1.75. The predicted octanol–water partition coefficient (Wildman–Crippen LogP) is 0.599. The summed E-state index contributed by atoms with van der Waals surface area (Å²) in [6.07, 6.45) is 0.585. The summed E-state index contributed by atoms with van der Waals surface area (Å²) in [5, 5.41) is 30.1. The third kappa shape index (κ3) is 2.87. The van der Waals surface area contributed by atoms with Gasteiger partial charge in [0.1, 0.15) is 11.5 Å². The highest BCUT2D eigenvalue weighted by Gasteiger charge is 2.15. The average molecular weight is 225 g/mol. The molecule has 1 aromatic carbocycles. The first kappa shape index (κ1) is 12.3. The molecule has 0 saturated carbocycles. The number of carbonyl (C=O) groups excluding carboxylic acids is 1. The zero-order chi connectivity index (χ0) is 12.1. The van der Waals surface area contributed by atoms with Gasteiger partial charge >= 0.3 is 0 Å². The molecular formula is C11H15NO4. The van der Waals surface area contributed by atoms with Crippen LogP contribution in [0.1, 0.15) is 23.7 Å². The number of benzene rings is 1. The van der Waals surface area contributed by atoms with Crippen LogP contribution in [0.2, 0.25) is 0 Å². The number of aliphatic hydroxyl groups is 1. The standard InChI is InChI=1S/C11H15NO4/c1-2-7(6-13)12-11(16)9-5-8(14)3-4-10(9)15/h3-5,7,13-15H,2,6H2,1H3,(H,12,16)/t7-/m1/s1. The summed E-state index contributed by atoms with van der Waals surface area (Å²) in [4.78, 5) is 11.7. The summed E-state index contributed by atoms with van der Waals surface area (Å²) in [6.45, 7) is 1.66. The number of carbonyl (C=O) groups is 1. The molecule has 0 unspecified atom stereocenters. The highest BCUT2D eigenvalue weighted by Crippen LogP contribution is 2.21. The maximum absolute atomic E-state index is 11.7. The van der Waals surface area contributed by atoms with E-state index >= 15 is 0 Å². The van der Waals surface area contributed by atoms with Crippen molar-refractivity contribution in [3.05, 3.63) is 23.8 Å². The van der Waals surface area contributed by atoms with E-state index in [1.807, 2.05) is 6.92 Å². The molecule has 0 radical (unpaired) electrons. The van der Waals surface area contributed by atoms with Gasteiger partial charge in [0.2, 0.25) is 0 Å². The minimum absolute atomic E-state index is 0.00750. The smallest absolute Gasteiger partial charge is 0.255 e. The summed E-state index contributed by atoms with van der Waals surface area (Å²) >= 11 is 0. The predicted molar refractivity (Wildman–Crippen MR) is 58.4 cm³/mol. The Balaban J connectivity index is 2.83. The van der Waals surface area contributed by atoms with Crippen LogP contribution in [-0.4, -0.2) is 33.9 Å². The van der Waals surface area contributed by atoms with Gasteiger partial charge in [-0.05, 0) is 24.6 Å². The van der Waals surface area contributed by atoms with Crippen LogP contribution in [0.5, 0.6) is 11.5 Å². The monoisotopic (exact) mass is 225 g/mol. The number of hydrogen-bond acceptors (Lipinski definition) is 4. The van der Waals surface area contributed by atoms with Crippen molar-refractivity contribution in [3.8, 4) is 11.5 Å². The fourth-order valence-electron chi connectivity index (χ4n) is 1.25. The molecule has 88 valence electrons. The van der Waals surface area contributed by atoms with E-state index in [0.29, 0.717) is 6.42 Å². The lowest BCUT2D eigenvalue weighted by atomic mass is 10.1. The number of hydrogen-bond donors (Lipinski definition) is 4. The van der Waals surface area contributed by atoms with Gasteiger partial charge in [-0.2, -0.15) is 0 Å². The molecular weight excluding hydrogens is 210 g/mol. The lowest BCUT2D eigenvalue weighted by molar-refractivity contribution is 0.0912. The molecule has 1 atom stereocenters. The van der Waals surface area contributed by atoms with E-state index in [0.717, 1.165) is 0 Å². The Kier molecular flexibility index (Phi) is 4.13. The molecule has 16 heavy (non-hydrogen) atoms. The third-order valence-corrected chi connectivity index (χ3v) is 2.27. The topological polar surface area (TPSA) is 89.8 Å². The van der Waals surface area contributed by atoms with Crippen LogP contribution in [0.15, 0.2) is 18.2 Å². The van der Waals surface area contributed by atoms with E-state index in [4.69, 9.17) is 5.11 Å². The fourth-order valence-corrected chi connectivity index (χ4v) is 1.25. The van der Waals surface area contributed by atoms with E-state index in [-0.39, 0.29) is 29.7 Å². The Labute approximate surface area is 93.4 Å². The SMILES string of the molecule is CC[C@H](CO)NC(=O)c1cc(O)ccc1O. The largest absolute Gasteiger partial charge is 0.508 e. The summed E-state index contributed by atoms with van der Waals surface area (Å²) in [5.41, 5.74) is -0.00750. The molecule has 0 saturated heterocycles. The van der Waals surface area contributed by atoms with Crippen molar-refractivity contribution in [3.63, 3.8) is 0 Å². The van der Waals surface area contributed by atoms with E-state index < -0.39 is 5.91 Å². The van der Waals surface area contributed by atoms with Gasteiger partial charge in [0.25, 0.3) is 5.91 Å². The van der Waals surface area contributed by atoms with Crippen LogP contribution in [0.3, 0.4) is 0 Å². The van der Waals surface area contributed by atoms with E-state index in [1.165, 1.54) is 18.2 Å². The van der Waals surface area contributed by atoms with Crippen LogP contribution in [0.25, 0.3) is 0 Å². The van der Waals surface area contributed by atoms with Crippen molar-refractivity contribution in [2.24, 2.45) is 0 Å². The van der Waals surface area contributed by atoms with Crippen molar-refractivity contribution in [1.29, 1.82) is 0 Å². The summed E-state index contributed by atoms with van der Waals surface area (Å²) < 4.78 is 0. The van der Waals surface area contributed by atoms with Crippen LogP contribution < -0.4 is 5.32 Å². The zero-order valence-electron chi connectivity index (χ0n) is 8.97. The lowest BCUT2D eigenvalue weighted by Gasteiger charge is -2.14. The van der Waals surface area contributed by atoms with E-state index in [2.05, 4.69) is 5.32 Å². The molecule has 0 spiro atoms. The first-order chi connectivity index (χ1) is 7.58. The third-order valence-electron chi connectivity index (χ3n) is 2.27. The van der Waals surface area contributed by atoms with Crippen LogP contribution in [0.4, 0.5) is 0 Å². The number of aliphatic hydroxyl groups excluding tert-OH is 1. The first-order valence-corrected chi connectivity index (χ1v) is 5.02. The molecule has 0 bridgehead atoms. The molecule has 5 nitrogen and oxygen atoms in total. The molecule has 1 aromatic rings. The first-order valence-electron chi connectivity index (χ1n) is 5.02. The number of aromatic hydroxyl groups is 2. The number of phenolic OH excluding ortho intramolecular Hbond substituents is 2. The molecule has 1 amide bonds. The van der Waals surface area contributed by atoms with Crippen LogP contribution in [0, 0.1) is 0 Å². The quantitative estimate of drug-likeness (QED) is 0.565. The van der Waals surface area contributed by atoms with Crippen LogP contribution in [-0.2, 0) is 0 Å². The molecule has 4 N–H and O–H groups in total. The molecule has 0 fully saturated rings. The Bertz CT molecular complexity index is 374. The number of amides is 1. The van der Waals surface area contributed by atoms with Gasteiger partial charge in [-0.1, -0.05) is 6.92 Å². The Morgan fingerprint density at radius 3 is 2.69 bits per heavy atom. The van der Waals surface area contributed by atoms with Crippen molar-refractivity contribution in [2.75, 3.05) is 6.61 Å². The summed E-state index contributed by atoms with van der Waals surface area (Å²) in [7, 11) is 0. The molecule has 5 heteroatoms. The van der Waals surface area contributed by atoms with Gasteiger partial charge < -0.3 is 20.6 Å². The number of phenols is 2. The average Bonchev–Trinajstić information content (AvgIpc) is 2.28. The van der Waals surface area contributed by atoms with E-state index in [9.17, 15) is 15.0 Å². The summed E-state index contributed by atoms with van der Waals surface area (Å²) in [6, 6.07) is 3.35.